The zero-order chi connectivity index (χ0) is 14.7. The van der Waals surface area contributed by atoms with Crippen LogP contribution in [0.1, 0.15) is 24.0 Å². The molecule has 1 aromatic carbocycles. The van der Waals surface area contributed by atoms with E-state index in [4.69, 9.17) is 15.2 Å². The summed E-state index contributed by atoms with van der Waals surface area (Å²) in [6, 6.07) is 6.27. The summed E-state index contributed by atoms with van der Waals surface area (Å²) in [7, 11) is 0. The number of benzene rings is 1. The first-order chi connectivity index (χ1) is 10.2. The van der Waals surface area contributed by atoms with Gasteiger partial charge in [-0.05, 0) is 30.0 Å². The molecule has 21 heavy (non-hydrogen) atoms. The number of carbonyl (C=O) groups excluding carboxylic acids is 1. The second kappa shape index (κ2) is 6.03. The highest BCUT2D eigenvalue weighted by Crippen LogP contribution is 2.30. The molecule has 1 fully saturated rings. The van der Waals surface area contributed by atoms with Crippen molar-refractivity contribution in [3.05, 3.63) is 29.3 Å². The van der Waals surface area contributed by atoms with Crippen molar-refractivity contribution in [3.8, 4) is 5.75 Å². The van der Waals surface area contributed by atoms with Gasteiger partial charge in [-0.25, -0.2) is 0 Å². The van der Waals surface area contributed by atoms with Gasteiger partial charge in [0.1, 0.15) is 5.75 Å². The van der Waals surface area contributed by atoms with Crippen molar-refractivity contribution in [2.24, 2.45) is 11.1 Å². The molecule has 0 spiro atoms. The van der Waals surface area contributed by atoms with Crippen molar-refractivity contribution in [1.82, 2.24) is 5.32 Å². The number of rotatable bonds is 5. The number of hydrogen-bond donors (Lipinski definition) is 2. The summed E-state index contributed by atoms with van der Waals surface area (Å²) >= 11 is 0. The Morgan fingerprint density at radius 1 is 1.29 bits per heavy atom. The molecule has 3 rings (SSSR count). The van der Waals surface area contributed by atoms with Gasteiger partial charge in [-0.15, -0.1) is 0 Å². The molecule has 5 heteroatoms. The molecule has 5 nitrogen and oxygen atoms in total. The van der Waals surface area contributed by atoms with Gasteiger partial charge in [0.2, 0.25) is 5.91 Å². The fraction of sp³-hybridized carbons (Fsp3) is 0.562. The van der Waals surface area contributed by atoms with Crippen LogP contribution in [0.4, 0.5) is 0 Å². The Labute approximate surface area is 124 Å². The van der Waals surface area contributed by atoms with E-state index in [0.29, 0.717) is 32.6 Å². The molecule has 2 heterocycles. The van der Waals surface area contributed by atoms with Gasteiger partial charge >= 0.3 is 0 Å². The second-order valence-electron chi connectivity index (χ2n) is 5.90. The Hall–Kier alpha value is -1.59. The molecule has 0 bridgehead atoms. The number of nitrogens with one attached hydrogen (secondary N) is 1. The molecule has 1 amide bonds. The summed E-state index contributed by atoms with van der Waals surface area (Å²) in [5.74, 6) is 0.775. The highest BCUT2D eigenvalue weighted by molar-refractivity contribution is 5.81. The van der Waals surface area contributed by atoms with Crippen molar-refractivity contribution in [2.45, 2.75) is 25.8 Å². The predicted octanol–water partition coefficient (Wildman–Crippen LogP) is 0.993. The summed E-state index contributed by atoms with van der Waals surface area (Å²) in [6.07, 6.45) is 2.38. The van der Waals surface area contributed by atoms with Crippen LogP contribution in [0.2, 0.25) is 0 Å². The van der Waals surface area contributed by atoms with E-state index in [1.165, 1.54) is 11.1 Å². The molecular weight excluding hydrogens is 268 g/mol. The maximum Gasteiger partial charge on any atom is 0.225 e. The lowest BCUT2D eigenvalue weighted by atomic mass is 9.79. The number of ether oxygens (including phenoxy) is 2. The van der Waals surface area contributed by atoms with Gasteiger partial charge in [-0.1, -0.05) is 12.1 Å². The van der Waals surface area contributed by atoms with Gasteiger partial charge in [0.25, 0.3) is 0 Å². The molecule has 1 saturated heterocycles. The van der Waals surface area contributed by atoms with Crippen molar-refractivity contribution in [1.29, 1.82) is 0 Å². The van der Waals surface area contributed by atoms with Gasteiger partial charge < -0.3 is 20.5 Å². The van der Waals surface area contributed by atoms with Crippen LogP contribution >= 0.6 is 0 Å². The normalized spacial score (nSPS) is 19.8. The molecule has 2 aliphatic heterocycles. The van der Waals surface area contributed by atoms with Gasteiger partial charge in [0.15, 0.2) is 0 Å². The third-order valence-electron chi connectivity index (χ3n) is 4.52. The summed E-state index contributed by atoms with van der Waals surface area (Å²) < 4.78 is 10.8. The molecule has 0 aromatic heterocycles. The molecule has 0 aliphatic carbocycles. The molecule has 114 valence electrons. The zero-order valence-electron chi connectivity index (χ0n) is 12.2. The smallest absolute Gasteiger partial charge is 0.225 e. The van der Waals surface area contributed by atoms with Crippen LogP contribution in [0.25, 0.3) is 0 Å². The molecule has 2 aliphatic rings. The van der Waals surface area contributed by atoms with E-state index in [9.17, 15) is 4.79 Å². The van der Waals surface area contributed by atoms with Crippen LogP contribution in [-0.2, 0) is 22.5 Å². The van der Waals surface area contributed by atoms with Crippen LogP contribution in [0, 0.1) is 5.41 Å². The van der Waals surface area contributed by atoms with Gasteiger partial charge in [0, 0.05) is 32.7 Å². The number of carbonyl (C=O) groups is 1. The molecule has 3 N–H and O–H groups in total. The Morgan fingerprint density at radius 3 is 2.86 bits per heavy atom. The minimum Gasteiger partial charge on any atom is -0.493 e. The summed E-state index contributed by atoms with van der Waals surface area (Å²) in [6.45, 7) is 3.35. The van der Waals surface area contributed by atoms with Gasteiger partial charge in [-0.2, -0.15) is 0 Å². The largest absolute Gasteiger partial charge is 0.493 e. The average molecular weight is 290 g/mol. The van der Waals surface area contributed by atoms with E-state index >= 15 is 0 Å². The van der Waals surface area contributed by atoms with Gasteiger partial charge in [-0.3, -0.25) is 4.79 Å². The quantitative estimate of drug-likeness (QED) is 0.848. The standard InChI is InChI=1S/C16H22N2O3/c17-15(19)16(4-7-20-8-5-16)11-18-10-12-1-2-14-13(9-12)3-6-21-14/h1-2,9,18H,3-8,10-11H2,(H2,17,19). The predicted molar refractivity (Wildman–Crippen MR) is 79.0 cm³/mol. The summed E-state index contributed by atoms with van der Waals surface area (Å²) in [4.78, 5) is 11.8. The lowest BCUT2D eigenvalue weighted by Gasteiger charge is -2.34. The monoisotopic (exact) mass is 290 g/mol. The zero-order valence-corrected chi connectivity index (χ0v) is 12.2. The van der Waals surface area contributed by atoms with Crippen LogP contribution < -0.4 is 15.8 Å². The maximum absolute atomic E-state index is 11.8. The highest BCUT2D eigenvalue weighted by atomic mass is 16.5. The number of fused-ring (bicyclic) bond motifs is 1. The number of primary amides is 1. The average Bonchev–Trinajstić information content (AvgIpc) is 2.95. The summed E-state index contributed by atoms with van der Waals surface area (Å²) in [5.41, 5.74) is 7.63. The maximum atomic E-state index is 11.8. The Bertz CT molecular complexity index is 524. The lowest BCUT2D eigenvalue weighted by Crippen LogP contribution is -2.48. The highest BCUT2D eigenvalue weighted by Gasteiger charge is 2.37. The van der Waals surface area contributed by atoms with E-state index in [1.54, 1.807) is 0 Å². The second-order valence-corrected chi connectivity index (χ2v) is 5.90. The van der Waals surface area contributed by atoms with Crippen LogP contribution in [0.15, 0.2) is 18.2 Å². The molecule has 0 saturated carbocycles. The van der Waals surface area contributed by atoms with E-state index < -0.39 is 5.41 Å². The molecule has 0 atom stereocenters. The minimum absolute atomic E-state index is 0.222. The van der Waals surface area contributed by atoms with Crippen molar-refractivity contribution >= 4 is 5.91 Å². The van der Waals surface area contributed by atoms with E-state index in [2.05, 4.69) is 17.4 Å². The number of amides is 1. The fourth-order valence-corrected chi connectivity index (χ4v) is 3.07. The third kappa shape index (κ3) is 3.04. The SMILES string of the molecule is NC(=O)C1(CNCc2ccc3c(c2)CCO3)CCOCC1. The number of hydrogen-bond acceptors (Lipinski definition) is 4. The van der Waals surface area contributed by atoms with E-state index in [-0.39, 0.29) is 5.91 Å². The first-order valence-electron chi connectivity index (χ1n) is 7.53. The first-order valence-corrected chi connectivity index (χ1v) is 7.53. The van der Waals surface area contributed by atoms with Crippen molar-refractivity contribution < 1.29 is 14.3 Å². The van der Waals surface area contributed by atoms with Crippen LogP contribution in [0.5, 0.6) is 5.75 Å². The topological polar surface area (TPSA) is 73.6 Å². The van der Waals surface area contributed by atoms with E-state index in [1.807, 2.05) is 6.07 Å². The third-order valence-corrected chi connectivity index (χ3v) is 4.52. The molecule has 1 aromatic rings. The molecule has 0 radical (unpaired) electrons. The number of nitrogens with two attached hydrogens (primary N) is 1. The lowest BCUT2D eigenvalue weighted by molar-refractivity contribution is -0.132. The molecule has 0 unspecified atom stereocenters. The Kier molecular flexibility index (Phi) is 4.12. The summed E-state index contributed by atoms with van der Waals surface area (Å²) in [5, 5.41) is 3.39. The van der Waals surface area contributed by atoms with E-state index in [0.717, 1.165) is 25.3 Å². The Balaban J connectivity index is 1.58. The minimum atomic E-state index is -0.460. The van der Waals surface area contributed by atoms with Crippen LogP contribution in [0.3, 0.4) is 0 Å². The van der Waals surface area contributed by atoms with Crippen LogP contribution in [-0.4, -0.2) is 32.3 Å². The molecular formula is C16H22N2O3. The first kappa shape index (κ1) is 14.4. The van der Waals surface area contributed by atoms with Gasteiger partial charge in [0.05, 0.1) is 12.0 Å². The fourth-order valence-electron chi connectivity index (χ4n) is 3.07. The Morgan fingerprint density at radius 2 is 2.10 bits per heavy atom. The van der Waals surface area contributed by atoms with Crippen molar-refractivity contribution in [3.63, 3.8) is 0 Å². The van der Waals surface area contributed by atoms with Crippen molar-refractivity contribution in [2.75, 3.05) is 26.4 Å².